The zero-order valence-electron chi connectivity index (χ0n) is 19.0. The summed E-state index contributed by atoms with van der Waals surface area (Å²) in [6.07, 6.45) is 0. The molecule has 5 nitrogen and oxygen atoms in total. The van der Waals surface area contributed by atoms with Crippen molar-refractivity contribution in [1.29, 1.82) is 0 Å². The van der Waals surface area contributed by atoms with E-state index < -0.39 is 0 Å². The fourth-order valence-corrected chi connectivity index (χ4v) is 8.19. The molecule has 3 heterocycles. The Morgan fingerprint density at radius 2 is 1.26 bits per heavy atom. The number of likely N-dealkylation sites (N-methyl/N-ethyl adjacent to an activating group) is 2. The van der Waals surface area contributed by atoms with Crippen LogP contribution in [0.3, 0.4) is 0 Å². The Hall–Kier alpha value is -1.16. The standard InChI is InChI=1S/C24H32IN5S/c1-17-13-19(29-9-5-27(3)6-10-29)15-21-23(17)26-24-18(2)14-20(16-22(24)31(21)25)30-11-7-28(4)8-12-30/h13-16H,5-12H2,1-4H3. The van der Waals surface area contributed by atoms with E-state index in [1.54, 1.807) is 0 Å². The summed E-state index contributed by atoms with van der Waals surface area (Å²) in [6, 6.07) is 9.54. The number of fused-ring (bicyclic) bond motifs is 2. The van der Waals surface area contributed by atoms with Gasteiger partial charge in [-0.2, -0.15) is 0 Å². The van der Waals surface area contributed by atoms with Gasteiger partial charge in [-0.05, 0) is 84.5 Å². The molecule has 0 amide bonds. The first-order valence-electron chi connectivity index (χ1n) is 11.2. The second-order valence-electron chi connectivity index (χ2n) is 9.17. The zero-order chi connectivity index (χ0) is 21.7. The molecule has 166 valence electrons. The van der Waals surface area contributed by atoms with Crippen LogP contribution in [0.25, 0.3) is 0 Å². The minimum absolute atomic E-state index is 0.00199. The average molecular weight is 550 g/mol. The smallest absolute Gasteiger partial charge is 0.0806 e. The van der Waals surface area contributed by atoms with Gasteiger partial charge in [0.25, 0.3) is 0 Å². The molecule has 3 aliphatic rings. The molecule has 0 spiro atoms. The molecule has 5 rings (SSSR count). The second kappa shape index (κ2) is 8.65. The summed E-state index contributed by atoms with van der Waals surface area (Å²) in [5.41, 5.74) is 6.52. The van der Waals surface area contributed by atoms with Gasteiger partial charge in [0.2, 0.25) is 0 Å². The van der Waals surface area contributed by atoms with Crippen LogP contribution in [0.15, 0.2) is 34.2 Å². The lowest BCUT2D eigenvalue weighted by atomic mass is 10.1. The van der Waals surface area contributed by atoms with Gasteiger partial charge in [0.15, 0.2) is 0 Å². The SMILES string of the molecule is Cc1cc(N2CCN(C)CC2)cc2c1N=c1c(C)cc(N3CCN(C)CC3)cc1=S2I. The Kier molecular flexibility index (Phi) is 6.05. The van der Waals surface area contributed by atoms with E-state index in [9.17, 15) is 0 Å². The molecule has 2 saturated heterocycles. The molecule has 2 aromatic carbocycles. The van der Waals surface area contributed by atoms with E-state index in [1.165, 1.54) is 43.0 Å². The van der Waals surface area contributed by atoms with E-state index in [4.69, 9.17) is 4.99 Å². The van der Waals surface area contributed by atoms with Crippen LogP contribution in [0.4, 0.5) is 17.1 Å². The van der Waals surface area contributed by atoms with Gasteiger partial charge in [-0.1, -0.05) is 7.66 Å². The van der Waals surface area contributed by atoms with E-state index in [0.717, 1.165) is 52.4 Å². The van der Waals surface area contributed by atoms with Crippen LogP contribution in [0, 0.1) is 18.4 Å². The van der Waals surface area contributed by atoms with Crippen LogP contribution < -0.4 is 15.2 Å². The highest BCUT2D eigenvalue weighted by atomic mass is 127. The number of rotatable bonds is 2. The van der Waals surface area contributed by atoms with E-state index >= 15 is 0 Å². The fourth-order valence-electron chi connectivity index (χ4n) is 4.74. The molecule has 0 aliphatic carbocycles. The van der Waals surface area contributed by atoms with Gasteiger partial charge in [-0.3, -0.25) is 0 Å². The first-order valence-corrected chi connectivity index (χ1v) is 15.0. The van der Waals surface area contributed by atoms with Crippen molar-refractivity contribution in [2.75, 3.05) is 76.3 Å². The van der Waals surface area contributed by atoms with E-state index in [0.29, 0.717) is 0 Å². The van der Waals surface area contributed by atoms with Crippen LogP contribution >= 0.6 is 28.9 Å². The predicted molar refractivity (Wildman–Crippen MR) is 141 cm³/mol. The molecule has 0 saturated carbocycles. The van der Waals surface area contributed by atoms with Gasteiger partial charge < -0.3 is 19.6 Å². The fraction of sp³-hybridized carbons (Fsp3) is 0.500. The topological polar surface area (TPSA) is 25.3 Å². The first-order chi connectivity index (χ1) is 14.9. The summed E-state index contributed by atoms with van der Waals surface area (Å²) in [7, 11) is 4.43. The maximum absolute atomic E-state index is 5.20. The Bertz CT molecular complexity index is 1130. The lowest BCUT2D eigenvalue weighted by molar-refractivity contribution is 0.313. The predicted octanol–water partition coefficient (Wildman–Crippen LogP) is 4.00. The number of halogens is 1. The Balaban J connectivity index is 1.58. The third kappa shape index (κ3) is 4.14. The van der Waals surface area contributed by atoms with Crippen molar-refractivity contribution < 1.29 is 0 Å². The molecular weight excluding hydrogens is 517 g/mol. The number of aryl methyl sites for hydroxylation is 2. The molecule has 1 unspecified atom stereocenters. The highest BCUT2D eigenvalue weighted by molar-refractivity contribution is 14.2. The largest absolute Gasteiger partial charge is 0.369 e. The van der Waals surface area contributed by atoms with Crippen LogP contribution in [0.1, 0.15) is 11.1 Å². The molecule has 2 aromatic rings. The summed E-state index contributed by atoms with van der Waals surface area (Å²) in [4.78, 5) is 16.5. The number of piperazine rings is 2. The van der Waals surface area contributed by atoms with Gasteiger partial charge in [0.05, 0.1) is 11.0 Å². The van der Waals surface area contributed by atoms with Crippen molar-refractivity contribution >= 4 is 45.9 Å². The molecule has 0 radical (unpaired) electrons. The van der Waals surface area contributed by atoms with Gasteiger partial charge in [0.1, 0.15) is 0 Å². The Morgan fingerprint density at radius 1 is 0.742 bits per heavy atom. The third-order valence-electron chi connectivity index (χ3n) is 6.85. The summed E-state index contributed by atoms with van der Waals surface area (Å²) >= 11 is 2.67. The van der Waals surface area contributed by atoms with E-state index in [2.05, 4.69) is 93.0 Å². The number of benzene rings is 2. The Morgan fingerprint density at radius 3 is 1.84 bits per heavy atom. The molecular formula is C24H32IN5S. The van der Waals surface area contributed by atoms with Crippen molar-refractivity contribution in [2.24, 2.45) is 4.99 Å². The second-order valence-corrected chi connectivity index (χ2v) is 13.2. The Labute approximate surface area is 200 Å². The zero-order valence-corrected chi connectivity index (χ0v) is 22.0. The average Bonchev–Trinajstić information content (AvgIpc) is 2.76. The number of anilines is 2. The van der Waals surface area contributed by atoms with Crippen LogP contribution in [0.5, 0.6) is 0 Å². The highest BCUT2D eigenvalue weighted by Gasteiger charge is 2.21. The van der Waals surface area contributed by atoms with Crippen LogP contribution in [-0.4, -0.2) is 76.3 Å². The van der Waals surface area contributed by atoms with E-state index in [-0.39, 0.29) is 7.66 Å². The molecule has 1 atom stereocenters. The van der Waals surface area contributed by atoms with Crippen molar-refractivity contribution in [3.8, 4) is 0 Å². The maximum Gasteiger partial charge on any atom is 0.0806 e. The molecule has 0 N–H and O–H groups in total. The summed E-state index contributed by atoms with van der Waals surface area (Å²) < 4.78 is 1.40. The van der Waals surface area contributed by atoms with Crippen molar-refractivity contribution in [2.45, 2.75) is 18.7 Å². The monoisotopic (exact) mass is 549 g/mol. The van der Waals surface area contributed by atoms with Crippen LogP contribution in [0.2, 0.25) is 0 Å². The number of hydrogen-bond donors (Lipinski definition) is 0. The van der Waals surface area contributed by atoms with Gasteiger partial charge in [-0.15, -0.1) is 0 Å². The molecule has 31 heavy (non-hydrogen) atoms. The third-order valence-corrected chi connectivity index (χ3v) is 11.1. The molecule has 2 fully saturated rings. The van der Waals surface area contributed by atoms with Gasteiger partial charge in [0, 0.05) is 73.1 Å². The van der Waals surface area contributed by atoms with Crippen molar-refractivity contribution in [3.05, 3.63) is 45.3 Å². The maximum atomic E-state index is 5.20. The number of nitrogens with zero attached hydrogens (tertiary/aromatic N) is 5. The lowest BCUT2D eigenvalue weighted by Gasteiger charge is -2.35. The molecule has 0 bridgehead atoms. The summed E-state index contributed by atoms with van der Waals surface area (Å²) in [5, 5.41) is 1.19. The van der Waals surface area contributed by atoms with Gasteiger partial charge >= 0.3 is 0 Å². The lowest BCUT2D eigenvalue weighted by Crippen LogP contribution is -2.44. The summed E-state index contributed by atoms with van der Waals surface area (Å²) in [6.45, 7) is 13.4. The quantitative estimate of drug-likeness (QED) is 0.418. The van der Waals surface area contributed by atoms with Crippen molar-refractivity contribution in [1.82, 2.24) is 9.80 Å². The normalized spacial score (nSPS) is 22.2. The van der Waals surface area contributed by atoms with Gasteiger partial charge in [-0.25, -0.2) is 4.99 Å². The summed E-state index contributed by atoms with van der Waals surface area (Å²) in [5.74, 6) is 0. The number of hydrogen-bond acceptors (Lipinski definition) is 5. The molecule has 3 aliphatic heterocycles. The molecule has 7 heteroatoms. The minimum Gasteiger partial charge on any atom is -0.369 e. The minimum atomic E-state index is -0.00199. The first kappa shape index (κ1) is 21.7. The van der Waals surface area contributed by atoms with E-state index in [1.807, 2.05) is 0 Å². The molecule has 0 aromatic heterocycles. The van der Waals surface area contributed by atoms with Crippen molar-refractivity contribution in [3.63, 3.8) is 0 Å². The highest BCUT2D eigenvalue weighted by Crippen LogP contribution is 2.48. The van der Waals surface area contributed by atoms with Crippen LogP contribution in [-0.2, 0) is 0 Å².